The number of benzene rings is 1. The first-order valence-corrected chi connectivity index (χ1v) is 26.5. The lowest BCUT2D eigenvalue weighted by atomic mass is 10.0. The van der Waals surface area contributed by atoms with E-state index in [0.717, 1.165) is 160 Å². The summed E-state index contributed by atoms with van der Waals surface area (Å²) in [7, 11) is 7.45. The normalized spacial score (nSPS) is 11.7. The van der Waals surface area contributed by atoms with Gasteiger partial charge in [-0.2, -0.15) is 0 Å². The molecule has 6 N–H and O–H groups in total. The first-order valence-electron chi connectivity index (χ1n) is 26.5. The number of methoxy groups -OCH3 is 1. The predicted molar refractivity (Wildman–Crippen MR) is 301 cm³/mol. The smallest absolute Gasteiger partial charge is 0.406 e. The van der Waals surface area contributed by atoms with Crippen molar-refractivity contribution in [2.45, 2.75) is 44.9 Å². The quantitative estimate of drug-likeness (QED) is 0.0274. The van der Waals surface area contributed by atoms with E-state index in [1.54, 1.807) is 0 Å². The molecular formula is C61H70N11O4+3. The molecule has 390 valence electrons. The van der Waals surface area contributed by atoms with Crippen LogP contribution in [0.2, 0.25) is 0 Å². The third-order valence-corrected chi connectivity index (χ3v) is 13.6. The summed E-state index contributed by atoms with van der Waals surface area (Å²) in [6, 6.07) is 29.6. The molecule has 2 amide bonds. The second-order valence-corrected chi connectivity index (χ2v) is 19.3. The highest BCUT2D eigenvalue weighted by Crippen LogP contribution is 2.38. The molecule has 0 fully saturated rings. The highest BCUT2D eigenvalue weighted by Gasteiger charge is 2.20. The number of fused-ring (bicyclic) bond motifs is 8. The Morgan fingerprint density at radius 2 is 0.842 bits per heavy atom. The van der Waals surface area contributed by atoms with Crippen LogP contribution < -0.4 is 39.7 Å². The van der Waals surface area contributed by atoms with E-state index in [-0.39, 0.29) is 5.91 Å². The van der Waals surface area contributed by atoms with E-state index < -0.39 is 6.09 Å². The molecule has 8 bridgehead atoms. The van der Waals surface area contributed by atoms with Crippen LogP contribution in [-0.2, 0) is 30.7 Å². The van der Waals surface area contributed by atoms with Crippen molar-refractivity contribution in [2.75, 3.05) is 53.0 Å². The number of alkyl carbamates (subject to hydrolysis) is 1. The molecule has 1 aromatic carbocycles. The van der Waals surface area contributed by atoms with E-state index in [2.05, 4.69) is 170 Å². The summed E-state index contributed by atoms with van der Waals surface area (Å²) in [6.07, 6.45) is 26.4. The molecule has 2 aliphatic rings. The number of aryl methyl sites for hydroxylation is 3. The number of carbonyl (C=O) groups excluding carboxylic acids is 2. The number of carbonyl (C=O) groups is 2. The number of hydrogen-bond donors (Lipinski definition) is 6. The van der Waals surface area contributed by atoms with Crippen molar-refractivity contribution in [3.63, 3.8) is 0 Å². The Balaban J connectivity index is 0.917. The van der Waals surface area contributed by atoms with Gasteiger partial charge in [-0.25, -0.2) is 28.5 Å². The molecule has 7 aromatic rings. The summed E-state index contributed by atoms with van der Waals surface area (Å²) < 4.78 is 16.9. The minimum Gasteiger partial charge on any atom is -0.494 e. The monoisotopic (exact) mass is 1020 g/mol. The zero-order valence-corrected chi connectivity index (χ0v) is 44.1. The lowest BCUT2D eigenvalue weighted by molar-refractivity contribution is -0.671. The summed E-state index contributed by atoms with van der Waals surface area (Å²) >= 11 is 0. The van der Waals surface area contributed by atoms with E-state index in [9.17, 15) is 9.59 Å². The number of amides is 2. The molecule has 6 aromatic heterocycles. The van der Waals surface area contributed by atoms with Gasteiger partial charge in [-0.05, 0) is 148 Å². The third-order valence-electron chi connectivity index (χ3n) is 13.6. The molecule has 15 heteroatoms. The summed E-state index contributed by atoms with van der Waals surface area (Å²) in [4.78, 5) is 42.3. The van der Waals surface area contributed by atoms with Crippen LogP contribution in [0.1, 0.15) is 67.7 Å². The predicted octanol–water partition coefficient (Wildman–Crippen LogP) is 8.56. The number of aromatic amines is 2. The zero-order chi connectivity index (χ0) is 52.6. The Morgan fingerprint density at radius 1 is 0.461 bits per heavy atom. The number of ether oxygens (including phenoxy) is 2. The van der Waals surface area contributed by atoms with Gasteiger partial charge in [0.05, 0.1) is 36.5 Å². The van der Waals surface area contributed by atoms with Crippen LogP contribution >= 0.6 is 0 Å². The maximum atomic E-state index is 12.6. The molecule has 0 aliphatic carbocycles. The summed E-state index contributed by atoms with van der Waals surface area (Å²) in [5, 5.41) is 12.6. The fraction of sp³-hybridized carbons (Fsp3) is 0.295. The van der Waals surface area contributed by atoms with Gasteiger partial charge < -0.3 is 40.7 Å². The maximum absolute atomic E-state index is 12.6. The number of nitrogens with zero attached hydrogens (tertiary/aromatic N) is 5. The lowest BCUT2D eigenvalue weighted by Crippen LogP contribution is -2.28. The number of hydrogen-bond acceptors (Lipinski definition) is 8. The topological polar surface area (TPSA) is 170 Å². The summed E-state index contributed by atoms with van der Waals surface area (Å²) in [5.74, 6) is 0.838. The van der Waals surface area contributed by atoms with E-state index in [4.69, 9.17) is 14.7 Å². The number of unbranched alkanes of at least 4 members (excludes halogenated alkanes) is 2. The van der Waals surface area contributed by atoms with Gasteiger partial charge in [0.15, 0.2) is 37.2 Å². The van der Waals surface area contributed by atoms with Crippen LogP contribution in [0, 0.1) is 0 Å². The minimum atomic E-state index is -0.392. The second kappa shape index (κ2) is 25.8. The maximum Gasteiger partial charge on any atom is 0.406 e. The molecule has 0 radical (unpaired) electrons. The van der Waals surface area contributed by atoms with Gasteiger partial charge in [0, 0.05) is 100 Å². The average Bonchev–Trinajstić information content (AvgIpc) is 4.29. The van der Waals surface area contributed by atoms with Crippen molar-refractivity contribution in [3.8, 4) is 50.3 Å². The molecule has 76 heavy (non-hydrogen) atoms. The largest absolute Gasteiger partial charge is 0.494 e. The molecular weight excluding hydrogens is 951 g/mol. The molecule has 2 aliphatic heterocycles. The van der Waals surface area contributed by atoms with E-state index in [1.165, 1.54) is 7.11 Å². The molecule has 15 nitrogen and oxygen atoms in total. The number of H-pyrrole nitrogens is 2. The van der Waals surface area contributed by atoms with Gasteiger partial charge in [0.2, 0.25) is 5.91 Å². The average molecular weight is 1020 g/mol. The van der Waals surface area contributed by atoms with E-state index in [1.807, 2.05) is 47.0 Å². The van der Waals surface area contributed by atoms with Gasteiger partial charge in [-0.3, -0.25) is 4.79 Å². The Morgan fingerprint density at radius 3 is 1.25 bits per heavy atom. The van der Waals surface area contributed by atoms with Crippen LogP contribution in [0.4, 0.5) is 4.79 Å². The molecule has 0 atom stereocenters. The second-order valence-electron chi connectivity index (χ2n) is 19.3. The fourth-order valence-electron chi connectivity index (χ4n) is 9.47. The molecule has 9 rings (SSSR count). The van der Waals surface area contributed by atoms with Gasteiger partial charge in [-0.1, -0.05) is 12.1 Å². The molecule has 8 heterocycles. The van der Waals surface area contributed by atoms with Crippen molar-refractivity contribution < 1.29 is 32.8 Å². The van der Waals surface area contributed by atoms with Gasteiger partial charge in [0.25, 0.3) is 0 Å². The zero-order valence-electron chi connectivity index (χ0n) is 44.1. The van der Waals surface area contributed by atoms with Crippen molar-refractivity contribution in [2.24, 2.45) is 21.1 Å². The SMILES string of the molecule is COC(=O)NCCCNCCCCNCCCNC(=O)CCCCOc1ccc(-c2c3nc(c(-c4cc[n+](C)cc4)c4ccc([nH]4)c(-c4cc[n+](C)cc4)c4nc(c(-c5cc[n+](C)cc5)c5ccc2[nH]5)C=C4)C=C3)cc1. The van der Waals surface area contributed by atoms with E-state index >= 15 is 0 Å². The van der Waals surface area contributed by atoms with Crippen LogP contribution in [0.25, 0.3) is 90.9 Å². The van der Waals surface area contributed by atoms with Crippen molar-refractivity contribution in [1.29, 1.82) is 0 Å². The van der Waals surface area contributed by atoms with Crippen molar-refractivity contribution in [3.05, 3.63) is 145 Å². The number of aromatic nitrogens is 7. The summed E-state index contributed by atoms with van der Waals surface area (Å²) in [6.45, 7) is 5.39. The Hall–Kier alpha value is -8.27. The molecule has 0 unspecified atom stereocenters. The number of nitrogens with one attached hydrogen (secondary N) is 6. The summed E-state index contributed by atoms with van der Waals surface area (Å²) in [5.41, 5.74) is 15.2. The van der Waals surface area contributed by atoms with Crippen LogP contribution in [0.3, 0.4) is 0 Å². The van der Waals surface area contributed by atoms with Crippen LogP contribution in [0.15, 0.2) is 122 Å². The van der Waals surface area contributed by atoms with Crippen molar-refractivity contribution >= 4 is 58.4 Å². The Kier molecular flexibility index (Phi) is 17.8. The fourth-order valence-corrected chi connectivity index (χ4v) is 9.47. The molecule has 0 saturated heterocycles. The Labute approximate surface area is 444 Å². The van der Waals surface area contributed by atoms with Crippen molar-refractivity contribution in [1.82, 2.24) is 41.2 Å². The molecule has 0 spiro atoms. The Bertz CT molecular complexity index is 3300. The van der Waals surface area contributed by atoms with E-state index in [0.29, 0.717) is 26.1 Å². The highest BCUT2D eigenvalue weighted by atomic mass is 16.5. The standard InChI is InChI=1S/C61H67N11O4/c1-70-36-24-44(25-37-70)58-50-18-16-48(66-50)57(43-12-14-47(15-13-43)76-42-8-5-11-56(73)64-34-9-32-62-30-6-7-31-63-33-10-35-65-61(74)75-4)49-17-19-51(67-49)59(45-26-38-71(2)39-27-45)53-21-23-55(69-53)60(54-22-20-52(58)68-54)46-28-40-72(3)41-29-46/h12-29,36-41,62-63H,5-11,30-35,42H2,1-4H3,(H-2,64,65,66,67,68,69,73,74)/p+3. The minimum absolute atomic E-state index is 0.0731. The molecule has 0 saturated carbocycles. The number of pyridine rings is 3. The van der Waals surface area contributed by atoms with Gasteiger partial charge in [-0.15, -0.1) is 0 Å². The highest BCUT2D eigenvalue weighted by molar-refractivity contribution is 5.99. The van der Waals surface area contributed by atoms with Crippen LogP contribution in [-0.4, -0.2) is 84.9 Å². The first-order chi connectivity index (χ1) is 37.2. The van der Waals surface area contributed by atoms with Gasteiger partial charge in [0.1, 0.15) is 26.9 Å². The number of rotatable bonds is 23. The van der Waals surface area contributed by atoms with Gasteiger partial charge >= 0.3 is 6.09 Å². The first kappa shape index (κ1) is 52.6. The third kappa shape index (κ3) is 13.5. The van der Waals surface area contributed by atoms with Crippen LogP contribution in [0.5, 0.6) is 5.75 Å². The lowest BCUT2D eigenvalue weighted by Gasteiger charge is -2.09.